The number of phenolic OH excluding ortho intramolecular Hbond substituents is 1. The molecule has 0 saturated heterocycles. The number of H-pyrrole nitrogens is 1. The summed E-state index contributed by atoms with van der Waals surface area (Å²) in [6, 6.07) is 22.2. The smallest absolute Gasteiger partial charge is 0.272 e. The van der Waals surface area contributed by atoms with Crippen LogP contribution in [0.2, 0.25) is 0 Å². The number of hydrogen-bond donors (Lipinski definition) is 2. The van der Waals surface area contributed by atoms with E-state index in [4.69, 9.17) is 0 Å². The Balaban J connectivity index is 1.74. The van der Waals surface area contributed by atoms with Crippen LogP contribution in [0.4, 0.5) is 11.5 Å². The van der Waals surface area contributed by atoms with E-state index in [1.807, 2.05) is 48.7 Å². The first-order valence-electron chi connectivity index (χ1n) is 11.4. The van der Waals surface area contributed by atoms with Crippen LogP contribution in [0.25, 0.3) is 10.9 Å². The maximum Gasteiger partial charge on any atom is 0.272 e. The van der Waals surface area contributed by atoms with Gasteiger partial charge in [-0.3, -0.25) is 10.3 Å². The van der Waals surface area contributed by atoms with E-state index in [2.05, 4.69) is 58.3 Å². The van der Waals surface area contributed by atoms with Crippen molar-refractivity contribution in [3.8, 4) is 5.75 Å². The van der Waals surface area contributed by atoms with Gasteiger partial charge in [-0.25, -0.2) is 4.98 Å². The maximum atomic E-state index is 11.1. The molecule has 2 aromatic heterocycles. The Morgan fingerprint density at radius 2 is 1.72 bits per heavy atom. The second-order valence-corrected chi connectivity index (χ2v) is 8.01. The third kappa shape index (κ3) is 4.67. The van der Waals surface area contributed by atoms with Crippen molar-refractivity contribution in [1.29, 1.82) is 0 Å². The van der Waals surface area contributed by atoms with Gasteiger partial charge in [0.05, 0.1) is 6.20 Å². The predicted molar refractivity (Wildman–Crippen MR) is 131 cm³/mol. The van der Waals surface area contributed by atoms with Gasteiger partial charge < -0.3 is 10.0 Å². The number of nitrogens with zero attached hydrogens (tertiary/aromatic N) is 2. The summed E-state index contributed by atoms with van der Waals surface area (Å²) < 4.78 is 0. The number of rotatable bonds is 9. The zero-order valence-corrected chi connectivity index (χ0v) is 18.8. The zero-order valence-electron chi connectivity index (χ0n) is 18.8. The van der Waals surface area contributed by atoms with E-state index >= 15 is 0 Å². The molecule has 0 amide bonds. The molecule has 0 radical (unpaired) electrons. The summed E-state index contributed by atoms with van der Waals surface area (Å²) in [5.74, 6) is 1.08. The van der Waals surface area contributed by atoms with Crippen LogP contribution in [-0.2, 0) is 0 Å². The topological polar surface area (TPSA) is 62.5 Å². The van der Waals surface area contributed by atoms with E-state index in [1.54, 1.807) is 6.20 Å². The molecule has 4 rings (SSSR count). The van der Waals surface area contributed by atoms with Crippen molar-refractivity contribution in [2.45, 2.75) is 32.7 Å². The monoisotopic (exact) mass is 427 g/mol. The average molecular weight is 428 g/mol. The van der Waals surface area contributed by atoms with Crippen molar-refractivity contribution >= 4 is 22.4 Å². The Bertz CT molecular complexity index is 1140. The van der Waals surface area contributed by atoms with Crippen LogP contribution < -0.4 is 15.2 Å². The molecule has 1 atom stereocenters. The Kier molecular flexibility index (Phi) is 6.85. The summed E-state index contributed by atoms with van der Waals surface area (Å²) in [5, 5.41) is 15.6. The molecule has 0 aliphatic carbocycles. The first-order chi connectivity index (χ1) is 15.7. The molecule has 5 nitrogen and oxygen atoms in total. The van der Waals surface area contributed by atoms with Gasteiger partial charge in [0, 0.05) is 47.6 Å². The molecule has 164 valence electrons. The summed E-state index contributed by atoms with van der Waals surface area (Å²) in [6.45, 7) is 6.52. The van der Waals surface area contributed by atoms with Crippen LogP contribution in [0.15, 0.2) is 79.1 Å². The lowest BCUT2D eigenvalue weighted by Crippen LogP contribution is -2.25. The molecule has 0 fully saturated rings. The molecular formula is C27H31N4O+. The number of fused-ring (bicyclic) bond motifs is 1. The van der Waals surface area contributed by atoms with Gasteiger partial charge in [-0.05, 0) is 43.2 Å². The molecule has 0 spiro atoms. The molecule has 5 heteroatoms. The molecule has 0 bridgehead atoms. The van der Waals surface area contributed by atoms with Crippen molar-refractivity contribution in [3.63, 3.8) is 0 Å². The quantitative estimate of drug-likeness (QED) is 0.366. The van der Waals surface area contributed by atoms with E-state index in [0.29, 0.717) is 5.52 Å². The van der Waals surface area contributed by atoms with Crippen LogP contribution in [0, 0.1) is 0 Å². The minimum Gasteiger partial charge on any atom is -0.505 e. The summed E-state index contributed by atoms with van der Waals surface area (Å²) >= 11 is 0. The van der Waals surface area contributed by atoms with Crippen LogP contribution >= 0.6 is 0 Å². The summed E-state index contributed by atoms with van der Waals surface area (Å²) in [6.07, 6.45) is 5.84. The van der Waals surface area contributed by atoms with Crippen molar-refractivity contribution in [2.24, 2.45) is 0 Å². The number of hydrogen-bond acceptors (Lipinski definition) is 4. The lowest BCUT2D eigenvalue weighted by atomic mass is 9.96. The Morgan fingerprint density at radius 3 is 2.41 bits per heavy atom. The predicted octanol–water partition coefficient (Wildman–Crippen LogP) is 5.58. The molecule has 0 aliphatic rings. The molecule has 0 aliphatic heterocycles. The minimum absolute atomic E-state index is 0.208. The van der Waals surface area contributed by atoms with Gasteiger partial charge in [0.15, 0.2) is 0 Å². The fraction of sp³-hybridized carbons (Fsp3) is 0.259. The Hall–Kier alpha value is -3.60. The van der Waals surface area contributed by atoms with E-state index in [1.165, 1.54) is 5.69 Å². The maximum absolute atomic E-state index is 11.1. The molecular weight excluding hydrogens is 396 g/mol. The number of aromatic amines is 1. The second-order valence-electron chi connectivity index (χ2n) is 8.01. The Morgan fingerprint density at radius 1 is 0.938 bits per heavy atom. The highest BCUT2D eigenvalue weighted by Crippen LogP contribution is 2.36. The van der Waals surface area contributed by atoms with Crippen molar-refractivity contribution in [3.05, 3.63) is 90.3 Å². The van der Waals surface area contributed by atoms with Gasteiger partial charge in [0.2, 0.25) is 0 Å². The third-order valence-electron chi connectivity index (χ3n) is 5.68. The molecule has 4 aromatic rings. The normalized spacial score (nSPS) is 11.9. The number of phenols is 1. The lowest BCUT2D eigenvalue weighted by molar-refractivity contribution is -0.361. The van der Waals surface area contributed by atoms with Crippen LogP contribution in [0.3, 0.4) is 0 Å². The van der Waals surface area contributed by atoms with Gasteiger partial charge in [0.1, 0.15) is 17.3 Å². The zero-order chi connectivity index (χ0) is 22.3. The van der Waals surface area contributed by atoms with Crippen molar-refractivity contribution in [1.82, 2.24) is 4.98 Å². The van der Waals surface area contributed by atoms with E-state index in [-0.39, 0.29) is 11.8 Å². The molecule has 2 heterocycles. The van der Waals surface area contributed by atoms with E-state index in [0.717, 1.165) is 48.3 Å². The fourth-order valence-corrected chi connectivity index (χ4v) is 4.14. The number of aromatic nitrogens is 2. The van der Waals surface area contributed by atoms with Crippen LogP contribution in [0.5, 0.6) is 5.75 Å². The highest BCUT2D eigenvalue weighted by Gasteiger charge is 2.24. The van der Waals surface area contributed by atoms with E-state index < -0.39 is 0 Å². The number of pyridine rings is 2. The SMILES string of the molecule is CCCN(CCC)c1ccc([C@H](Nc2cccc[nH+]2)c2ccc3cccnc3c2O)cc1. The van der Waals surface area contributed by atoms with Crippen LogP contribution in [-0.4, -0.2) is 23.2 Å². The summed E-state index contributed by atoms with van der Waals surface area (Å²) in [5.41, 5.74) is 3.71. The van der Waals surface area contributed by atoms with Gasteiger partial charge in [-0.15, -0.1) is 0 Å². The summed E-state index contributed by atoms with van der Waals surface area (Å²) in [7, 11) is 0. The first kappa shape index (κ1) is 21.6. The van der Waals surface area contributed by atoms with Gasteiger partial charge >= 0.3 is 0 Å². The highest BCUT2D eigenvalue weighted by molar-refractivity contribution is 5.86. The average Bonchev–Trinajstić information content (AvgIpc) is 2.84. The van der Waals surface area contributed by atoms with Gasteiger partial charge in [-0.2, -0.15) is 0 Å². The van der Waals surface area contributed by atoms with Crippen molar-refractivity contribution < 1.29 is 10.1 Å². The standard InChI is InChI=1S/C27H30N4O/c1-3-18-31(19-4-2)22-13-10-21(11-14-22)25(30-24-9-5-6-16-28-24)23-15-12-20-8-7-17-29-26(20)27(23)32/h5-17,25,32H,3-4,18-19H2,1-2H3,(H,28,30)/p+1/t25-/m0/s1. The third-order valence-corrected chi connectivity index (χ3v) is 5.68. The largest absolute Gasteiger partial charge is 0.505 e. The second kappa shape index (κ2) is 10.1. The molecule has 3 N–H and O–H groups in total. The van der Waals surface area contributed by atoms with E-state index in [9.17, 15) is 5.11 Å². The lowest BCUT2D eigenvalue weighted by Gasteiger charge is -2.24. The van der Waals surface area contributed by atoms with Crippen LogP contribution in [0.1, 0.15) is 43.9 Å². The Labute approximate surface area is 189 Å². The molecule has 32 heavy (non-hydrogen) atoms. The highest BCUT2D eigenvalue weighted by atomic mass is 16.3. The molecule has 0 saturated carbocycles. The van der Waals surface area contributed by atoms with Gasteiger partial charge in [0.25, 0.3) is 5.82 Å². The number of benzene rings is 2. The van der Waals surface area contributed by atoms with Gasteiger partial charge in [-0.1, -0.05) is 44.2 Å². The first-order valence-corrected chi connectivity index (χ1v) is 11.4. The number of anilines is 2. The molecule has 2 aromatic carbocycles. The van der Waals surface area contributed by atoms with Crippen molar-refractivity contribution in [2.75, 3.05) is 23.3 Å². The number of nitrogens with one attached hydrogen (secondary N) is 2. The minimum atomic E-state index is -0.236. The number of aromatic hydroxyl groups is 1. The summed E-state index contributed by atoms with van der Waals surface area (Å²) in [4.78, 5) is 10.1. The fourth-order valence-electron chi connectivity index (χ4n) is 4.14. The molecule has 0 unspecified atom stereocenters.